The van der Waals surface area contributed by atoms with Gasteiger partial charge in [0.15, 0.2) is 0 Å². The van der Waals surface area contributed by atoms with Crippen LogP contribution in [-0.2, 0) is 10.0 Å². The summed E-state index contributed by atoms with van der Waals surface area (Å²) in [5.41, 5.74) is 1.72. The van der Waals surface area contributed by atoms with E-state index in [1.54, 1.807) is 25.3 Å². The standard InChI is InChI=1S/C17H20FN3O3S/c1-12-6-7-15(11-20-12)13(2)21-25(23,24)16-5-3-4-14(10-16)17(22)19-9-8-18/h3-7,10-11,13,21H,8-9H2,1-2H3,(H,19,22). The molecule has 0 saturated heterocycles. The topological polar surface area (TPSA) is 88.2 Å². The van der Waals surface area contributed by atoms with Gasteiger partial charge in [-0.05, 0) is 43.7 Å². The molecule has 0 radical (unpaired) electrons. The van der Waals surface area contributed by atoms with E-state index in [1.165, 1.54) is 24.3 Å². The highest BCUT2D eigenvalue weighted by Crippen LogP contribution is 2.17. The SMILES string of the molecule is Cc1ccc(C(C)NS(=O)(=O)c2cccc(C(=O)NCCF)c2)cn1. The van der Waals surface area contributed by atoms with Gasteiger partial charge in [-0.3, -0.25) is 9.78 Å². The van der Waals surface area contributed by atoms with Crippen molar-refractivity contribution in [2.75, 3.05) is 13.2 Å². The molecule has 25 heavy (non-hydrogen) atoms. The molecule has 1 aromatic carbocycles. The number of nitrogens with zero attached hydrogens (tertiary/aromatic N) is 1. The second-order valence-corrected chi connectivity index (χ2v) is 7.26. The summed E-state index contributed by atoms with van der Waals surface area (Å²) in [6.07, 6.45) is 1.61. The summed E-state index contributed by atoms with van der Waals surface area (Å²) >= 11 is 0. The minimum atomic E-state index is -3.83. The molecule has 134 valence electrons. The van der Waals surface area contributed by atoms with E-state index in [1.807, 2.05) is 6.92 Å². The van der Waals surface area contributed by atoms with Crippen LogP contribution >= 0.6 is 0 Å². The highest BCUT2D eigenvalue weighted by Gasteiger charge is 2.20. The number of hydrogen-bond donors (Lipinski definition) is 2. The van der Waals surface area contributed by atoms with Gasteiger partial charge in [0.25, 0.3) is 5.91 Å². The Kier molecular flexibility index (Phi) is 6.22. The Morgan fingerprint density at radius 3 is 2.68 bits per heavy atom. The Labute approximate surface area is 146 Å². The van der Waals surface area contributed by atoms with Gasteiger partial charge >= 0.3 is 0 Å². The monoisotopic (exact) mass is 365 g/mol. The van der Waals surface area contributed by atoms with E-state index < -0.39 is 28.6 Å². The summed E-state index contributed by atoms with van der Waals surface area (Å²) in [5, 5.41) is 2.36. The number of pyridine rings is 1. The van der Waals surface area contributed by atoms with E-state index in [2.05, 4.69) is 15.0 Å². The van der Waals surface area contributed by atoms with Crippen LogP contribution in [0.15, 0.2) is 47.5 Å². The van der Waals surface area contributed by atoms with Crippen molar-refractivity contribution in [1.29, 1.82) is 0 Å². The molecule has 1 amide bonds. The second-order valence-electron chi connectivity index (χ2n) is 5.55. The summed E-state index contributed by atoms with van der Waals surface area (Å²) in [5.74, 6) is -0.523. The zero-order chi connectivity index (χ0) is 18.4. The van der Waals surface area contributed by atoms with Crippen LogP contribution < -0.4 is 10.0 Å². The van der Waals surface area contributed by atoms with Gasteiger partial charge in [0.2, 0.25) is 10.0 Å². The number of rotatable bonds is 7. The lowest BCUT2D eigenvalue weighted by molar-refractivity contribution is 0.0950. The first-order valence-electron chi connectivity index (χ1n) is 7.72. The molecule has 2 N–H and O–H groups in total. The molecule has 1 aromatic heterocycles. The van der Waals surface area contributed by atoms with Crippen LogP contribution in [0.2, 0.25) is 0 Å². The number of amides is 1. The number of alkyl halides is 1. The van der Waals surface area contributed by atoms with Crippen molar-refractivity contribution in [2.24, 2.45) is 0 Å². The third-order valence-corrected chi connectivity index (χ3v) is 5.09. The Balaban J connectivity index is 2.18. The number of aromatic nitrogens is 1. The van der Waals surface area contributed by atoms with Crippen LogP contribution in [0.3, 0.4) is 0 Å². The predicted octanol–water partition coefficient (Wildman–Crippen LogP) is 2.13. The molecule has 0 aliphatic carbocycles. The molecule has 0 aliphatic rings. The lowest BCUT2D eigenvalue weighted by atomic mass is 10.1. The predicted molar refractivity (Wildman–Crippen MR) is 92.5 cm³/mol. The molecule has 0 aliphatic heterocycles. The van der Waals surface area contributed by atoms with Gasteiger partial charge in [0, 0.05) is 30.0 Å². The van der Waals surface area contributed by atoms with Gasteiger partial charge in [-0.2, -0.15) is 0 Å². The van der Waals surface area contributed by atoms with Crippen molar-refractivity contribution in [3.63, 3.8) is 0 Å². The van der Waals surface area contributed by atoms with Crippen molar-refractivity contribution in [1.82, 2.24) is 15.0 Å². The minimum Gasteiger partial charge on any atom is -0.349 e. The third kappa shape index (κ3) is 5.07. The van der Waals surface area contributed by atoms with E-state index in [-0.39, 0.29) is 17.0 Å². The highest BCUT2D eigenvalue weighted by atomic mass is 32.2. The van der Waals surface area contributed by atoms with Gasteiger partial charge in [-0.1, -0.05) is 12.1 Å². The molecule has 8 heteroatoms. The molecule has 1 heterocycles. The Hall–Kier alpha value is -2.32. The van der Waals surface area contributed by atoms with Crippen LogP contribution in [0.25, 0.3) is 0 Å². The molecule has 0 bridgehead atoms. The molecule has 1 atom stereocenters. The van der Waals surface area contributed by atoms with Crippen molar-refractivity contribution >= 4 is 15.9 Å². The number of carbonyl (C=O) groups is 1. The summed E-state index contributed by atoms with van der Waals surface area (Å²) < 4.78 is 39.8. The van der Waals surface area contributed by atoms with Crippen LogP contribution in [-0.4, -0.2) is 32.5 Å². The Bertz CT molecular complexity index is 838. The van der Waals surface area contributed by atoms with Crippen molar-refractivity contribution in [3.8, 4) is 0 Å². The number of halogens is 1. The maximum absolute atomic E-state index is 12.5. The fraction of sp³-hybridized carbons (Fsp3) is 0.294. The lowest BCUT2D eigenvalue weighted by Crippen LogP contribution is -2.28. The first kappa shape index (κ1) is 19.0. The largest absolute Gasteiger partial charge is 0.349 e. The Morgan fingerprint density at radius 2 is 2.04 bits per heavy atom. The first-order valence-corrected chi connectivity index (χ1v) is 9.21. The number of benzene rings is 1. The average molecular weight is 365 g/mol. The second kappa shape index (κ2) is 8.17. The quantitative estimate of drug-likeness (QED) is 0.787. The summed E-state index contributed by atoms with van der Waals surface area (Å²) in [6, 6.07) is 8.72. The first-order chi connectivity index (χ1) is 11.8. The molecular formula is C17H20FN3O3S. The molecule has 2 rings (SSSR count). The minimum absolute atomic E-state index is 0.0349. The summed E-state index contributed by atoms with van der Waals surface area (Å²) in [6.45, 7) is 2.75. The smallest absolute Gasteiger partial charge is 0.251 e. The molecule has 6 nitrogen and oxygen atoms in total. The van der Waals surface area contributed by atoms with Crippen molar-refractivity contribution < 1.29 is 17.6 Å². The number of aryl methyl sites for hydroxylation is 1. The molecule has 0 saturated carbocycles. The Morgan fingerprint density at radius 1 is 1.28 bits per heavy atom. The number of hydrogen-bond acceptors (Lipinski definition) is 4. The maximum Gasteiger partial charge on any atom is 0.251 e. The van der Waals surface area contributed by atoms with Crippen LogP contribution in [0, 0.1) is 6.92 Å². The van der Waals surface area contributed by atoms with Crippen molar-refractivity contribution in [3.05, 3.63) is 59.4 Å². The van der Waals surface area contributed by atoms with E-state index >= 15 is 0 Å². The number of nitrogens with one attached hydrogen (secondary N) is 2. The van der Waals surface area contributed by atoms with Crippen LogP contribution in [0.1, 0.15) is 34.6 Å². The molecule has 0 spiro atoms. The number of sulfonamides is 1. The fourth-order valence-corrected chi connectivity index (χ4v) is 3.45. The molecule has 0 fully saturated rings. The van der Waals surface area contributed by atoms with Crippen LogP contribution in [0.4, 0.5) is 4.39 Å². The van der Waals surface area contributed by atoms with Gasteiger partial charge in [0.1, 0.15) is 6.67 Å². The number of carbonyl (C=O) groups excluding carboxylic acids is 1. The normalized spacial score (nSPS) is 12.6. The van der Waals surface area contributed by atoms with Gasteiger partial charge in [-0.15, -0.1) is 0 Å². The highest BCUT2D eigenvalue weighted by molar-refractivity contribution is 7.89. The van der Waals surface area contributed by atoms with Gasteiger partial charge in [-0.25, -0.2) is 17.5 Å². The summed E-state index contributed by atoms with van der Waals surface area (Å²) in [4.78, 5) is 16.0. The fourth-order valence-electron chi connectivity index (χ4n) is 2.17. The van der Waals surface area contributed by atoms with E-state index in [4.69, 9.17) is 0 Å². The van der Waals surface area contributed by atoms with E-state index in [0.717, 1.165) is 11.3 Å². The zero-order valence-corrected chi connectivity index (χ0v) is 14.8. The van der Waals surface area contributed by atoms with E-state index in [9.17, 15) is 17.6 Å². The summed E-state index contributed by atoms with van der Waals surface area (Å²) in [7, 11) is -3.83. The maximum atomic E-state index is 12.5. The molecular weight excluding hydrogens is 345 g/mol. The molecule has 1 unspecified atom stereocenters. The zero-order valence-electron chi connectivity index (χ0n) is 14.0. The average Bonchev–Trinajstić information content (AvgIpc) is 2.60. The third-order valence-electron chi connectivity index (χ3n) is 3.55. The van der Waals surface area contributed by atoms with Crippen LogP contribution in [0.5, 0.6) is 0 Å². The lowest BCUT2D eigenvalue weighted by Gasteiger charge is -2.15. The van der Waals surface area contributed by atoms with Gasteiger partial charge in [0.05, 0.1) is 4.90 Å². The molecule has 2 aromatic rings. The van der Waals surface area contributed by atoms with Crippen molar-refractivity contribution in [2.45, 2.75) is 24.8 Å². The van der Waals surface area contributed by atoms with Gasteiger partial charge < -0.3 is 5.32 Å². The van der Waals surface area contributed by atoms with E-state index in [0.29, 0.717) is 0 Å².